The van der Waals surface area contributed by atoms with Crippen LogP contribution in [0, 0.1) is 0 Å². The van der Waals surface area contributed by atoms with Gasteiger partial charge in [-0.3, -0.25) is 14.3 Å². The fourth-order valence-electron chi connectivity index (χ4n) is 3.10. The number of ether oxygens (including phenoxy) is 1. The predicted molar refractivity (Wildman–Crippen MR) is 135 cm³/mol. The number of rotatable bonds is 9. The van der Waals surface area contributed by atoms with E-state index in [2.05, 4.69) is 25.7 Å². The Balaban J connectivity index is 1.46. The zero-order chi connectivity index (χ0) is 24.6. The maximum Gasteiger partial charge on any atom is 0.250 e. The molecule has 9 nitrogen and oxygen atoms in total. The number of hydrogen-bond acceptors (Lipinski definition) is 8. The first-order valence-corrected chi connectivity index (χ1v) is 11.9. The molecule has 0 unspecified atom stereocenters. The van der Waals surface area contributed by atoms with Crippen LogP contribution in [-0.4, -0.2) is 49.3 Å². The summed E-state index contributed by atoms with van der Waals surface area (Å²) in [5.74, 6) is 0.767. The van der Waals surface area contributed by atoms with Crippen molar-refractivity contribution in [2.24, 2.45) is 5.10 Å². The van der Waals surface area contributed by atoms with Crippen LogP contribution >= 0.6 is 23.4 Å². The van der Waals surface area contributed by atoms with E-state index in [1.807, 2.05) is 35.8 Å². The number of nitrogens with zero attached hydrogens (tertiary/aromatic N) is 5. The van der Waals surface area contributed by atoms with Crippen LogP contribution in [0.3, 0.4) is 0 Å². The highest BCUT2D eigenvalue weighted by atomic mass is 35.5. The average Bonchev–Trinajstić information content (AvgIpc) is 3.30. The Morgan fingerprint density at radius 1 is 1.17 bits per heavy atom. The van der Waals surface area contributed by atoms with Crippen molar-refractivity contribution in [2.75, 3.05) is 12.4 Å². The van der Waals surface area contributed by atoms with Crippen LogP contribution in [-0.2, 0) is 4.79 Å². The van der Waals surface area contributed by atoms with E-state index in [0.29, 0.717) is 33.9 Å². The van der Waals surface area contributed by atoms with Crippen molar-refractivity contribution in [3.8, 4) is 28.6 Å². The van der Waals surface area contributed by atoms with Gasteiger partial charge in [0, 0.05) is 28.7 Å². The normalized spacial score (nSPS) is 11.0. The molecule has 0 saturated carbocycles. The van der Waals surface area contributed by atoms with E-state index in [-0.39, 0.29) is 17.4 Å². The molecule has 0 saturated heterocycles. The molecule has 2 aromatic heterocycles. The number of pyridine rings is 1. The van der Waals surface area contributed by atoms with Crippen LogP contribution < -0.4 is 10.2 Å². The summed E-state index contributed by atoms with van der Waals surface area (Å²) in [6.07, 6.45) is 4.84. The first-order chi connectivity index (χ1) is 17.0. The molecule has 11 heteroatoms. The number of nitrogens with one attached hydrogen (secondary N) is 1. The Kier molecular flexibility index (Phi) is 7.96. The minimum Gasteiger partial charge on any atom is -0.504 e. The zero-order valence-corrected chi connectivity index (χ0v) is 20.2. The van der Waals surface area contributed by atoms with Gasteiger partial charge < -0.3 is 9.84 Å². The number of amides is 1. The van der Waals surface area contributed by atoms with Crippen molar-refractivity contribution >= 4 is 35.5 Å². The number of aromatic hydroxyl groups is 1. The number of carbonyl (C=O) groups excluding carboxylic acids is 1. The topological polar surface area (TPSA) is 115 Å². The SMILES string of the molecule is CCOc1cc(C=NNC(=O)CSc2nnc(-c3ccncc3)n2-c2ccc(Cl)cc2)ccc1O. The van der Waals surface area contributed by atoms with Crippen molar-refractivity contribution in [2.45, 2.75) is 12.1 Å². The molecule has 0 spiro atoms. The highest BCUT2D eigenvalue weighted by molar-refractivity contribution is 7.99. The van der Waals surface area contributed by atoms with Gasteiger partial charge in [0.25, 0.3) is 5.91 Å². The molecule has 0 aliphatic rings. The highest BCUT2D eigenvalue weighted by Crippen LogP contribution is 2.28. The lowest BCUT2D eigenvalue weighted by Crippen LogP contribution is -2.20. The van der Waals surface area contributed by atoms with E-state index >= 15 is 0 Å². The Hall–Kier alpha value is -3.89. The van der Waals surface area contributed by atoms with Crippen LogP contribution in [0.1, 0.15) is 12.5 Å². The van der Waals surface area contributed by atoms with E-state index in [4.69, 9.17) is 16.3 Å². The van der Waals surface area contributed by atoms with Gasteiger partial charge in [0.1, 0.15) is 0 Å². The van der Waals surface area contributed by atoms with Gasteiger partial charge in [-0.1, -0.05) is 23.4 Å². The van der Waals surface area contributed by atoms with Crippen molar-refractivity contribution in [3.63, 3.8) is 0 Å². The fourth-order valence-corrected chi connectivity index (χ4v) is 3.97. The third-order valence-corrected chi connectivity index (χ3v) is 5.86. The van der Waals surface area contributed by atoms with Gasteiger partial charge in [-0.2, -0.15) is 5.10 Å². The van der Waals surface area contributed by atoms with E-state index in [1.54, 1.807) is 36.7 Å². The first-order valence-electron chi connectivity index (χ1n) is 10.6. The van der Waals surface area contributed by atoms with Gasteiger partial charge in [0.2, 0.25) is 0 Å². The standard InChI is InChI=1S/C24H21ClN6O3S/c1-2-34-21-13-16(3-8-20(21)32)14-27-28-22(33)15-35-24-30-29-23(17-9-11-26-12-10-17)31(24)19-6-4-18(25)5-7-19/h3-14,32H,2,15H2,1H3,(H,28,33). The highest BCUT2D eigenvalue weighted by Gasteiger charge is 2.17. The lowest BCUT2D eigenvalue weighted by Gasteiger charge is -2.10. The largest absolute Gasteiger partial charge is 0.504 e. The van der Waals surface area contributed by atoms with Gasteiger partial charge in [-0.25, -0.2) is 5.43 Å². The third kappa shape index (κ3) is 6.17. The van der Waals surface area contributed by atoms with Crippen LogP contribution in [0.25, 0.3) is 17.1 Å². The second-order valence-corrected chi connectivity index (χ2v) is 8.47. The molecule has 35 heavy (non-hydrogen) atoms. The van der Waals surface area contributed by atoms with Gasteiger partial charge in [0.15, 0.2) is 22.5 Å². The summed E-state index contributed by atoms with van der Waals surface area (Å²) < 4.78 is 7.21. The summed E-state index contributed by atoms with van der Waals surface area (Å²) in [6.45, 7) is 2.25. The molecule has 0 atom stereocenters. The van der Waals surface area contributed by atoms with E-state index < -0.39 is 0 Å². The second-order valence-electron chi connectivity index (χ2n) is 7.10. The number of aromatic nitrogens is 4. The van der Waals surface area contributed by atoms with Crippen LogP contribution in [0.2, 0.25) is 5.02 Å². The molecule has 1 amide bonds. The van der Waals surface area contributed by atoms with Gasteiger partial charge in [-0.05, 0) is 67.1 Å². The Labute approximate surface area is 210 Å². The van der Waals surface area contributed by atoms with Crippen molar-refractivity contribution in [1.82, 2.24) is 25.2 Å². The molecule has 2 aromatic carbocycles. The number of benzene rings is 2. The molecule has 0 radical (unpaired) electrons. The Morgan fingerprint density at radius 3 is 2.69 bits per heavy atom. The van der Waals surface area contributed by atoms with Gasteiger partial charge in [-0.15, -0.1) is 10.2 Å². The maximum absolute atomic E-state index is 12.4. The number of thioether (sulfide) groups is 1. The molecular weight excluding hydrogens is 488 g/mol. The lowest BCUT2D eigenvalue weighted by atomic mass is 10.2. The number of halogens is 1. The number of hydrazone groups is 1. The zero-order valence-electron chi connectivity index (χ0n) is 18.6. The van der Waals surface area contributed by atoms with E-state index in [1.165, 1.54) is 24.0 Å². The van der Waals surface area contributed by atoms with E-state index in [9.17, 15) is 9.90 Å². The molecule has 178 valence electrons. The van der Waals surface area contributed by atoms with Crippen LogP contribution in [0.4, 0.5) is 0 Å². The number of phenolic OH excluding ortho intramolecular Hbond substituents is 1. The summed E-state index contributed by atoms with van der Waals surface area (Å²) in [6, 6.07) is 15.8. The van der Waals surface area contributed by atoms with Gasteiger partial charge >= 0.3 is 0 Å². The maximum atomic E-state index is 12.4. The van der Waals surface area contributed by atoms with Crippen molar-refractivity contribution in [3.05, 3.63) is 77.6 Å². The molecule has 0 aliphatic heterocycles. The molecule has 0 fully saturated rings. The molecule has 2 heterocycles. The van der Waals surface area contributed by atoms with Crippen molar-refractivity contribution in [1.29, 1.82) is 0 Å². The van der Waals surface area contributed by atoms with Crippen molar-refractivity contribution < 1.29 is 14.6 Å². The fraction of sp³-hybridized carbons (Fsp3) is 0.125. The number of carbonyl (C=O) groups is 1. The molecule has 0 bridgehead atoms. The Morgan fingerprint density at radius 2 is 1.94 bits per heavy atom. The third-order valence-electron chi connectivity index (χ3n) is 4.68. The minimum absolute atomic E-state index is 0.0420. The summed E-state index contributed by atoms with van der Waals surface area (Å²) in [5.41, 5.74) is 4.81. The van der Waals surface area contributed by atoms with Crippen LogP contribution in [0.15, 0.2) is 77.2 Å². The van der Waals surface area contributed by atoms with E-state index in [0.717, 1.165) is 11.3 Å². The molecule has 0 aliphatic carbocycles. The predicted octanol–water partition coefficient (Wildman–Crippen LogP) is 4.33. The summed E-state index contributed by atoms with van der Waals surface area (Å²) in [4.78, 5) is 16.5. The minimum atomic E-state index is -0.314. The smallest absolute Gasteiger partial charge is 0.250 e. The molecular formula is C24H21ClN6O3S. The quantitative estimate of drug-likeness (QED) is 0.196. The second kappa shape index (κ2) is 11.5. The van der Waals surface area contributed by atoms with Gasteiger partial charge in [0.05, 0.1) is 18.6 Å². The summed E-state index contributed by atoms with van der Waals surface area (Å²) in [5, 5.41) is 23.6. The molecule has 4 aromatic rings. The molecule has 2 N–H and O–H groups in total. The van der Waals surface area contributed by atoms with Crippen LogP contribution in [0.5, 0.6) is 11.5 Å². The lowest BCUT2D eigenvalue weighted by molar-refractivity contribution is -0.118. The number of phenols is 1. The summed E-state index contributed by atoms with van der Waals surface area (Å²) >= 11 is 7.29. The number of hydrogen-bond donors (Lipinski definition) is 2. The Bertz CT molecular complexity index is 1330. The first kappa shape index (κ1) is 24.2. The summed E-state index contributed by atoms with van der Waals surface area (Å²) in [7, 11) is 0. The molecule has 4 rings (SSSR count). The average molecular weight is 509 g/mol. The monoisotopic (exact) mass is 508 g/mol.